The van der Waals surface area contributed by atoms with E-state index in [4.69, 9.17) is 9.47 Å². The molecule has 1 heterocycles. The molecule has 1 saturated heterocycles. The van der Waals surface area contributed by atoms with Crippen LogP contribution in [0.25, 0.3) is 0 Å². The van der Waals surface area contributed by atoms with Gasteiger partial charge >= 0.3 is 0 Å². The van der Waals surface area contributed by atoms with Crippen LogP contribution in [0.4, 0.5) is 0 Å². The zero-order chi connectivity index (χ0) is 12.3. The summed E-state index contributed by atoms with van der Waals surface area (Å²) in [7, 11) is 0. The van der Waals surface area contributed by atoms with Gasteiger partial charge in [0.1, 0.15) is 12.1 Å². The highest BCUT2D eigenvalue weighted by molar-refractivity contribution is 5.89. The lowest BCUT2D eigenvalue weighted by Crippen LogP contribution is -2.22. The molecule has 0 spiro atoms. The maximum Gasteiger partial charge on any atom is 0.157 e. The van der Waals surface area contributed by atoms with E-state index in [-0.39, 0.29) is 18.5 Å². The van der Waals surface area contributed by atoms with Crippen LogP contribution in [0.5, 0.6) is 0 Å². The quantitative estimate of drug-likeness (QED) is 0.353. The number of ketones is 1. The molecule has 98 valence electrons. The fourth-order valence-corrected chi connectivity index (χ4v) is 1.85. The summed E-state index contributed by atoms with van der Waals surface area (Å²) in [5, 5.41) is 0. The normalized spacial score (nSPS) is 20.1. The van der Waals surface area contributed by atoms with Crippen LogP contribution in [0.3, 0.4) is 0 Å². The van der Waals surface area contributed by atoms with E-state index in [9.17, 15) is 9.59 Å². The third kappa shape index (κ3) is 7.23. The first-order valence-electron chi connectivity index (χ1n) is 6.51. The highest BCUT2D eigenvalue weighted by Gasteiger charge is 2.13. The van der Waals surface area contributed by atoms with Gasteiger partial charge in [-0.2, -0.15) is 0 Å². The standard InChI is InChI=1S/C13H22O4/c14-9-8-12(15)6-2-1-4-10-16-13-7-3-5-11-17-13/h9,13H,1-8,10-11H2. The van der Waals surface area contributed by atoms with Crippen LogP contribution in [-0.2, 0) is 19.1 Å². The van der Waals surface area contributed by atoms with Gasteiger partial charge in [-0.1, -0.05) is 6.42 Å². The fraction of sp³-hybridized carbons (Fsp3) is 0.846. The van der Waals surface area contributed by atoms with Gasteiger partial charge in [0.15, 0.2) is 6.29 Å². The van der Waals surface area contributed by atoms with Gasteiger partial charge in [0, 0.05) is 19.6 Å². The molecular formula is C13H22O4. The monoisotopic (exact) mass is 242 g/mol. The SMILES string of the molecule is O=CCC(=O)CCCCCOC1CCCCO1. The number of rotatable bonds is 9. The Morgan fingerprint density at radius 2 is 2.18 bits per heavy atom. The van der Waals surface area contributed by atoms with Crippen molar-refractivity contribution in [3.8, 4) is 0 Å². The Balaban J connectivity index is 1.86. The first kappa shape index (κ1) is 14.3. The second-order valence-corrected chi connectivity index (χ2v) is 4.39. The average Bonchev–Trinajstić information content (AvgIpc) is 2.35. The number of aldehydes is 1. The summed E-state index contributed by atoms with van der Waals surface area (Å²) >= 11 is 0. The molecule has 4 nitrogen and oxygen atoms in total. The van der Waals surface area contributed by atoms with Crippen molar-refractivity contribution in [2.45, 2.75) is 57.7 Å². The van der Waals surface area contributed by atoms with Gasteiger partial charge in [0.25, 0.3) is 0 Å². The molecule has 0 bridgehead atoms. The number of unbranched alkanes of at least 4 members (excludes halogenated alkanes) is 2. The third-order valence-electron chi connectivity index (χ3n) is 2.85. The first-order chi connectivity index (χ1) is 8.33. The second-order valence-electron chi connectivity index (χ2n) is 4.39. The maximum absolute atomic E-state index is 11.0. The molecule has 0 aromatic carbocycles. The Labute approximate surface area is 103 Å². The molecule has 1 rings (SSSR count). The molecule has 4 heteroatoms. The molecule has 1 atom stereocenters. The zero-order valence-corrected chi connectivity index (χ0v) is 10.4. The molecule has 0 aromatic heterocycles. The minimum absolute atomic E-state index is 0.0135. The van der Waals surface area contributed by atoms with Gasteiger partial charge in [-0.3, -0.25) is 4.79 Å². The van der Waals surface area contributed by atoms with Gasteiger partial charge in [-0.05, 0) is 32.1 Å². The lowest BCUT2D eigenvalue weighted by molar-refractivity contribution is -0.162. The number of hydrogen-bond donors (Lipinski definition) is 0. The molecule has 0 amide bonds. The number of carbonyl (C=O) groups is 2. The Hall–Kier alpha value is -0.740. The molecule has 0 aliphatic carbocycles. The predicted molar refractivity (Wildman–Crippen MR) is 63.7 cm³/mol. The maximum atomic E-state index is 11.0. The minimum Gasteiger partial charge on any atom is -0.353 e. The Morgan fingerprint density at radius 1 is 1.29 bits per heavy atom. The molecule has 0 aromatic rings. The van der Waals surface area contributed by atoms with Gasteiger partial charge in [-0.15, -0.1) is 0 Å². The third-order valence-corrected chi connectivity index (χ3v) is 2.85. The van der Waals surface area contributed by atoms with Crippen LogP contribution in [0.1, 0.15) is 51.4 Å². The summed E-state index contributed by atoms with van der Waals surface area (Å²) in [4.78, 5) is 21.1. The van der Waals surface area contributed by atoms with Crippen molar-refractivity contribution in [2.75, 3.05) is 13.2 Å². The van der Waals surface area contributed by atoms with Crippen molar-refractivity contribution < 1.29 is 19.1 Å². The molecule has 17 heavy (non-hydrogen) atoms. The molecule has 1 fully saturated rings. The Bertz CT molecular complexity index is 221. The van der Waals surface area contributed by atoms with Gasteiger partial charge in [0.2, 0.25) is 0 Å². The van der Waals surface area contributed by atoms with Crippen molar-refractivity contribution in [3.63, 3.8) is 0 Å². The molecule has 1 unspecified atom stereocenters. The van der Waals surface area contributed by atoms with Crippen LogP contribution in [0.15, 0.2) is 0 Å². The molecule has 1 aliphatic rings. The molecular weight excluding hydrogens is 220 g/mol. The van der Waals surface area contributed by atoms with E-state index in [1.54, 1.807) is 0 Å². The van der Waals surface area contributed by atoms with Crippen LogP contribution >= 0.6 is 0 Å². The van der Waals surface area contributed by atoms with Crippen molar-refractivity contribution in [1.82, 2.24) is 0 Å². The molecule has 0 N–H and O–H groups in total. The van der Waals surface area contributed by atoms with E-state index in [1.165, 1.54) is 6.42 Å². The molecule has 0 radical (unpaired) electrons. The van der Waals surface area contributed by atoms with Crippen molar-refractivity contribution >= 4 is 12.1 Å². The number of Topliss-reactive ketones (excluding diaryl/α,β-unsaturated/α-hetero) is 1. The first-order valence-corrected chi connectivity index (χ1v) is 6.51. The topological polar surface area (TPSA) is 52.6 Å². The summed E-state index contributed by atoms with van der Waals surface area (Å²) in [5.74, 6) is 0.0385. The van der Waals surface area contributed by atoms with Crippen LogP contribution in [-0.4, -0.2) is 31.6 Å². The largest absolute Gasteiger partial charge is 0.353 e. The van der Waals surface area contributed by atoms with Crippen LogP contribution < -0.4 is 0 Å². The summed E-state index contributed by atoms with van der Waals surface area (Å²) in [6.07, 6.45) is 7.33. The summed E-state index contributed by atoms with van der Waals surface area (Å²) in [6, 6.07) is 0. The van der Waals surface area contributed by atoms with Crippen molar-refractivity contribution in [2.24, 2.45) is 0 Å². The predicted octanol–water partition coefficient (Wildman–Crippen LogP) is 2.25. The van der Waals surface area contributed by atoms with Crippen LogP contribution in [0, 0.1) is 0 Å². The number of carbonyl (C=O) groups excluding carboxylic acids is 2. The van der Waals surface area contributed by atoms with Crippen molar-refractivity contribution in [3.05, 3.63) is 0 Å². The second kappa shape index (κ2) is 9.31. The summed E-state index contributed by atoms with van der Waals surface area (Å²) < 4.78 is 11.0. The van der Waals surface area contributed by atoms with E-state index in [2.05, 4.69) is 0 Å². The van der Waals surface area contributed by atoms with Gasteiger partial charge < -0.3 is 14.3 Å². The highest BCUT2D eigenvalue weighted by Crippen LogP contribution is 2.14. The van der Waals surface area contributed by atoms with E-state index in [0.29, 0.717) is 19.3 Å². The van der Waals surface area contributed by atoms with Crippen molar-refractivity contribution in [1.29, 1.82) is 0 Å². The van der Waals surface area contributed by atoms with Gasteiger partial charge in [-0.25, -0.2) is 0 Å². The lowest BCUT2D eigenvalue weighted by atomic mass is 10.1. The van der Waals surface area contributed by atoms with Gasteiger partial charge in [0.05, 0.1) is 6.42 Å². The van der Waals surface area contributed by atoms with E-state index >= 15 is 0 Å². The number of hydrogen-bond acceptors (Lipinski definition) is 4. The molecule has 0 saturated carbocycles. The van der Waals surface area contributed by atoms with Crippen LogP contribution in [0.2, 0.25) is 0 Å². The summed E-state index contributed by atoms with van der Waals surface area (Å²) in [5.41, 5.74) is 0. The molecule has 1 aliphatic heterocycles. The Morgan fingerprint density at radius 3 is 2.88 bits per heavy atom. The highest BCUT2D eigenvalue weighted by atomic mass is 16.7. The lowest BCUT2D eigenvalue weighted by Gasteiger charge is -2.22. The fourth-order valence-electron chi connectivity index (χ4n) is 1.85. The Kier molecular flexibility index (Phi) is 7.84. The van der Waals surface area contributed by atoms with E-state index in [0.717, 1.165) is 38.7 Å². The zero-order valence-electron chi connectivity index (χ0n) is 10.4. The summed E-state index contributed by atoms with van der Waals surface area (Å²) in [6.45, 7) is 1.51. The number of ether oxygens (including phenoxy) is 2. The van der Waals surface area contributed by atoms with E-state index in [1.807, 2.05) is 0 Å². The van der Waals surface area contributed by atoms with E-state index < -0.39 is 0 Å². The smallest absolute Gasteiger partial charge is 0.157 e. The average molecular weight is 242 g/mol. The minimum atomic E-state index is -0.0135.